The maximum absolute atomic E-state index is 12.7. The summed E-state index contributed by atoms with van der Waals surface area (Å²) in [6, 6.07) is 11.4. The number of allylic oxidation sites excluding steroid dienone is 2. The molecule has 2 rings (SSSR count). The molecule has 0 unspecified atom stereocenters. The van der Waals surface area contributed by atoms with Gasteiger partial charge in [-0.15, -0.1) is 0 Å². The van der Waals surface area contributed by atoms with E-state index in [0.717, 1.165) is 18.2 Å². The SMILES string of the molecule is O=C(O)C=CC=C(c1ccc(CO)cc1)c1ccc(C(F)(F)F)cc1. The summed E-state index contributed by atoms with van der Waals surface area (Å²) in [4.78, 5) is 10.6. The number of aliphatic hydroxyl groups excluding tert-OH is 1. The molecule has 0 heterocycles. The van der Waals surface area contributed by atoms with Crippen LogP contribution < -0.4 is 0 Å². The fraction of sp³-hybridized carbons (Fsp3) is 0.105. The molecule has 0 aliphatic rings. The number of rotatable bonds is 5. The van der Waals surface area contributed by atoms with Crippen LogP contribution in [-0.2, 0) is 17.6 Å². The molecule has 6 heteroatoms. The lowest BCUT2D eigenvalue weighted by molar-refractivity contribution is -0.137. The van der Waals surface area contributed by atoms with Crippen LogP contribution in [0.4, 0.5) is 13.2 Å². The molecule has 0 amide bonds. The molecule has 0 atom stereocenters. The van der Waals surface area contributed by atoms with Gasteiger partial charge in [-0.2, -0.15) is 13.2 Å². The van der Waals surface area contributed by atoms with Crippen LogP contribution in [0.2, 0.25) is 0 Å². The molecule has 0 spiro atoms. The Morgan fingerprint density at radius 2 is 1.48 bits per heavy atom. The highest BCUT2D eigenvalue weighted by Gasteiger charge is 2.30. The first-order chi connectivity index (χ1) is 11.8. The van der Waals surface area contributed by atoms with E-state index < -0.39 is 17.7 Å². The van der Waals surface area contributed by atoms with Crippen molar-refractivity contribution in [1.29, 1.82) is 0 Å². The maximum atomic E-state index is 12.7. The standard InChI is InChI=1S/C19H15F3O3/c20-19(21,22)16-10-8-15(9-11-16)17(2-1-3-18(24)25)14-6-4-13(12-23)5-7-14/h1-11,23H,12H2,(H,24,25). The third-order valence-electron chi connectivity index (χ3n) is 3.47. The third kappa shape index (κ3) is 5.06. The quantitative estimate of drug-likeness (QED) is 0.627. The summed E-state index contributed by atoms with van der Waals surface area (Å²) in [5, 5.41) is 17.8. The molecule has 2 aromatic rings. The molecule has 2 N–H and O–H groups in total. The number of carbonyl (C=O) groups is 1. The number of carboxylic acids is 1. The average Bonchev–Trinajstić information content (AvgIpc) is 2.58. The summed E-state index contributed by atoms with van der Waals surface area (Å²) in [5.41, 5.74) is 1.70. The van der Waals surface area contributed by atoms with Crippen molar-refractivity contribution in [2.75, 3.05) is 0 Å². The van der Waals surface area contributed by atoms with Crippen molar-refractivity contribution >= 4 is 11.5 Å². The lowest BCUT2D eigenvalue weighted by Gasteiger charge is -2.11. The zero-order valence-corrected chi connectivity index (χ0v) is 13.0. The van der Waals surface area contributed by atoms with E-state index in [9.17, 15) is 18.0 Å². The number of benzene rings is 2. The van der Waals surface area contributed by atoms with Crippen LogP contribution in [0.5, 0.6) is 0 Å². The predicted octanol–water partition coefficient (Wildman–Crippen LogP) is 4.27. The van der Waals surface area contributed by atoms with Crippen LogP contribution in [0, 0.1) is 0 Å². The highest BCUT2D eigenvalue weighted by molar-refractivity contribution is 5.84. The smallest absolute Gasteiger partial charge is 0.416 e. The van der Waals surface area contributed by atoms with Crippen LogP contribution in [0.3, 0.4) is 0 Å². The van der Waals surface area contributed by atoms with Gasteiger partial charge in [-0.05, 0) is 34.4 Å². The fourth-order valence-electron chi connectivity index (χ4n) is 2.21. The molecule has 25 heavy (non-hydrogen) atoms. The predicted molar refractivity (Wildman–Crippen MR) is 87.7 cm³/mol. The van der Waals surface area contributed by atoms with Gasteiger partial charge in [0.15, 0.2) is 0 Å². The molecule has 0 aliphatic heterocycles. The minimum atomic E-state index is -4.42. The largest absolute Gasteiger partial charge is 0.478 e. The van der Waals surface area contributed by atoms with Crippen molar-refractivity contribution in [2.45, 2.75) is 12.8 Å². The minimum Gasteiger partial charge on any atom is -0.478 e. The van der Waals surface area contributed by atoms with E-state index in [4.69, 9.17) is 10.2 Å². The van der Waals surface area contributed by atoms with Gasteiger partial charge in [-0.25, -0.2) is 4.79 Å². The van der Waals surface area contributed by atoms with Crippen molar-refractivity contribution in [2.24, 2.45) is 0 Å². The second-order valence-electron chi connectivity index (χ2n) is 5.21. The van der Waals surface area contributed by atoms with Crippen LogP contribution in [0.25, 0.3) is 5.57 Å². The van der Waals surface area contributed by atoms with E-state index in [-0.39, 0.29) is 6.61 Å². The topological polar surface area (TPSA) is 57.5 Å². The summed E-state index contributed by atoms with van der Waals surface area (Å²) >= 11 is 0. The van der Waals surface area contributed by atoms with E-state index in [0.29, 0.717) is 22.3 Å². The van der Waals surface area contributed by atoms with Gasteiger partial charge < -0.3 is 10.2 Å². The van der Waals surface area contributed by atoms with Gasteiger partial charge in [0.2, 0.25) is 0 Å². The Bertz CT molecular complexity index is 786. The summed E-state index contributed by atoms with van der Waals surface area (Å²) in [7, 11) is 0. The molecule has 0 saturated heterocycles. The van der Waals surface area contributed by atoms with Gasteiger partial charge in [0, 0.05) is 6.08 Å². The molecule has 130 valence electrons. The van der Waals surface area contributed by atoms with Crippen LogP contribution >= 0.6 is 0 Å². The molecule has 2 aromatic carbocycles. The van der Waals surface area contributed by atoms with Gasteiger partial charge in [-0.1, -0.05) is 48.6 Å². The Kier molecular flexibility index (Phi) is 5.77. The zero-order valence-electron chi connectivity index (χ0n) is 13.0. The number of aliphatic carboxylic acids is 1. The van der Waals surface area contributed by atoms with E-state index in [1.807, 2.05) is 0 Å². The lowest BCUT2D eigenvalue weighted by Crippen LogP contribution is -2.04. The van der Waals surface area contributed by atoms with E-state index in [1.54, 1.807) is 24.3 Å². The van der Waals surface area contributed by atoms with E-state index in [2.05, 4.69) is 0 Å². The van der Waals surface area contributed by atoms with Gasteiger partial charge >= 0.3 is 12.1 Å². The van der Waals surface area contributed by atoms with Gasteiger partial charge in [0.05, 0.1) is 12.2 Å². The van der Waals surface area contributed by atoms with Crippen molar-refractivity contribution in [3.63, 3.8) is 0 Å². The first kappa shape index (κ1) is 18.5. The maximum Gasteiger partial charge on any atom is 0.416 e. The Labute approximate surface area is 142 Å². The molecular weight excluding hydrogens is 333 g/mol. The first-order valence-corrected chi connectivity index (χ1v) is 7.30. The summed E-state index contributed by atoms with van der Waals surface area (Å²) in [6.07, 6.45) is -0.652. The van der Waals surface area contributed by atoms with E-state index in [1.165, 1.54) is 24.3 Å². The van der Waals surface area contributed by atoms with Crippen molar-refractivity contribution in [3.05, 3.63) is 89.0 Å². The second kappa shape index (κ2) is 7.81. The Hall–Kier alpha value is -2.86. The van der Waals surface area contributed by atoms with Crippen LogP contribution in [0.1, 0.15) is 22.3 Å². The van der Waals surface area contributed by atoms with Gasteiger partial charge in [0.25, 0.3) is 0 Å². The average molecular weight is 348 g/mol. The molecule has 0 aliphatic carbocycles. The summed E-state index contributed by atoms with van der Waals surface area (Å²) < 4.78 is 38.1. The number of carboxylic acid groups (broad SMARTS) is 1. The Balaban J connectivity index is 2.45. The Morgan fingerprint density at radius 3 is 1.92 bits per heavy atom. The zero-order chi connectivity index (χ0) is 18.4. The molecule has 0 aromatic heterocycles. The van der Waals surface area contributed by atoms with E-state index >= 15 is 0 Å². The molecule has 0 radical (unpaired) electrons. The molecule has 3 nitrogen and oxygen atoms in total. The third-order valence-corrected chi connectivity index (χ3v) is 3.47. The number of aliphatic hydroxyl groups is 1. The highest BCUT2D eigenvalue weighted by atomic mass is 19.4. The van der Waals surface area contributed by atoms with Gasteiger partial charge in [-0.3, -0.25) is 0 Å². The molecule has 0 bridgehead atoms. The van der Waals surface area contributed by atoms with Gasteiger partial charge in [0.1, 0.15) is 0 Å². The molecular formula is C19H15F3O3. The van der Waals surface area contributed by atoms with Crippen molar-refractivity contribution in [3.8, 4) is 0 Å². The van der Waals surface area contributed by atoms with Crippen molar-refractivity contribution in [1.82, 2.24) is 0 Å². The first-order valence-electron chi connectivity index (χ1n) is 7.30. The highest BCUT2D eigenvalue weighted by Crippen LogP contribution is 2.31. The number of alkyl halides is 3. The second-order valence-corrected chi connectivity index (χ2v) is 5.21. The Morgan fingerprint density at radius 1 is 0.960 bits per heavy atom. The minimum absolute atomic E-state index is 0.126. The van der Waals surface area contributed by atoms with Crippen LogP contribution in [-0.4, -0.2) is 16.2 Å². The monoisotopic (exact) mass is 348 g/mol. The fourth-order valence-corrected chi connectivity index (χ4v) is 2.21. The van der Waals surface area contributed by atoms with Crippen molar-refractivity contribution < 1.29 is 28.2 Å². The summed E-state index contributed by atoms with van der Waals surface area (Å²) in [5.74, 6) is -1.13. The summed E-state index contributed by atoms with van der Waals surface area (Å²) in [6.45, 7) is -0.126. The number of hydrogen-bond donors (Lipinski definition) is 2. The normalized spacial score (nSPS) is 12.6. The lowest BCUT2D eigenvalue weighted by atomic mass is 9.95. The van der Waals surface area contributed by atoms with Crippen LogP contribution in [0.15, 0.2) is 66.8 Å². The molecule has 0 saturated carbocycles. The number of hydrogen-bond acceptors (Lipinski definition) is 2. The molecule has 0 fully saturated rings. The number of halogens is 3.